The Morgan fingerprint density at radius 3 is 2.23 bits per heavy atom. The molecule has 0 saturated carbocycles. The molecule has 2 fully saturated rings. The fraction of sp³-hybridized carbons (Fsp3) is 0.172. The monoisotopic (exact) mass is 523 g/mol. The van der Waals surface area contributed by atoms with Gasteiger partial charge in [0.15, 0.2) is 5.78 Å². The average molecular weight is 524 g/mol. The molecule has 0 aromatic heterocycles. The number of fused-ring (bicyclic) bond motifs is 5. The van der Waals surface area contributed by atoms with Crippen LogP contribution in [0, 0.1) is 22.0 Å². The molecule has 0 spiro atoms. The fourth-order valence-electron chi connectivity index (χ4n) is 5.86. The van der Waals surface area contributed by atoms with Crippen LogP contribution in [0.25, 0.3) is 6.08 Å². The molecular formula is C29H21N3O7. The molecule has 3 heterocycles. The molecule has 6 rings (SSSR count). The predicted octanol–water partition coefficient (Wildman–Crippen LogP) is 3.92. The van der Waals surface area contributed by atoms with E-state index in [1.165, 1.54) is 55.5 Å². The van der Waals surface area contributed by atoms with E-state index >= 15 is 0 Å². The van der Waals surface area contributed by atoms with Gasteiger partial charge < -0.3 is 9.64 Å². The Balaban J connectivity index is 1.42. The summed E-state index contributed by atoms with van der Waals surface area (Å²) < 4.78 is 5.06. The number of carbonyl (C=O) groups is 4. The minimum absolute atomic E-state index is 0.156. The van der Waals surface area contributed by atoms with Gasteiger partial charge in [-0.25, -0.2) is 4.90 Å². The molecular weight excluding hydrogens is 502 g/mol. The summed E-state index contributed by atoms with van der Waals surface area (Å²) in [6.07, 6.45) is 3.60. The second kappa shape index (κ2) is 9.02. The summed E-state index contributed by atoms with van der Waals surface area (Å²) in [5.74, 6) is -3.37. The number of ether oxygens (including phenoxy) is 1. The van der Waals surface area contributed by atoms with Crippen molar-refractivity contribution in [1.29, 1.82) is 0 Å². The lowest BCUT2D eigenvalue weighted by Gasteiger charge is -2.35. The highest BCUT2D eigenvalue weighted by atomic mass is 16.6. The van der Waals surface area contributed by atoms with Crippen LogP contribution in [0.2, 0.25) is 0 Å². The van der Waals surface area contributed by atoms with Crippen LogP contribution >= 0.6 is 0 Å². The van der Waals surface area contributed by atoms with E-state index in [2.05, 4.69) is 0 Å². The SMILES string of the molecule is CC(=O)Oc1ccc(N2C(=O)[C@@H]3[C@H](C2=O)[C@@H]2c4ccccc4C=CN2[C@H]3C(=O)c2ccc([N+](=O)[O-])cc2)cc1. The van der Waals surface area contributed by atoms with Gasteiger partial charge in [0.25, 0.3) is 5.69 Å². The maximum absolute atomic E-state index is 13.9. The van der Waals surface area contributed by atoms with Crippen molar-refractivity contribution in [3.8, 4) is 5.75 Å². The van der Waals surface area contributed by atoms with E-state index in [-0.39, 0.29) is 17.0 Å². The van der Waals surface area contributed by atoms with Crippen molar-refractivity contribution in [2.45, 2.75) is 19.0 Å². The number of anilines is 1. The summed E-state index contributed by atoms with van der Waals surface area (Å²) in [6, 6.07) is 17.3. The normalized spacial score (nSPS) is 22.8. The molecule has 39 heavy (non-hydrogen) atoms. The van der Waals surface area contributed by atoms with Gasteiger partial charge in [-0.3, -0.25) is 29.3 Å². The summed E-state index contributed by atoms with van der Waals surface area (Å²) >= 11 is 0. The number of rotatable bonds is 5. The smallest absolute Gasteiger partial charge is 0.308 e. The van der Waals surface area contributed by atoms with E-state index in [4.69, 9.17) is 4.74 Å². The van der Waals surface area contributed by atoms with Crippen LogP contribution in [0.3, 0.4) is 0 Å². The second-order valence-electron chi connectivity index (χ2n) is 9.60. The number of nitro benzene ring substituents is 1. The molecule has 0 bridgehead atoms. The Morgan fingerprint density at radius 2 is 1.56 bits per heavy atom. The Kier molecular flexibility index (Phi) is 5.60. The van der Waals surface area contributed by atoms with Crippen LogP contribution in [-0.2, 0) is 14.4 Å². The maximum Gasteiger partial charge on any atom is 0.308 e. The lowest BCUT2D eigenvalue weighted by molar-refractivity contribution is -0.384. The first-order valence-corrected chi connectivity index (χ1v) is 12.3. The number of carbonyl (C=O) groups excluding carboxylic acids is 4. The first-order valence-electron chi connectivity index (χ1n) is 12.3. The van der Waals surface area contributed by atoms with Gasteiger partial charge in [-0.05, 0) is 53.6 Å². The van der Waals surface area contributed by atoms with Crippen molar-refractivity contribution in [1.82, 2.24) is 4.90 Å². The van der Waals surface area contributed by atoms with Crippen molar-refractivity contribution in [3.63, 3.8) is 0 Å². The molecule has 4 atom stereocenters. The van der Waals surface area contributed by atoms with Gasteiger partial charge in [0, 0.05) is 30.8 Å². The fourth-order valence-corrected chi connectivity index (χ4v) is 5.86. The number of nitro groups is 1. The molecule has 3 aliphatic rings. The summed E-state index contributed by atoms with van der Waals surface area (Å²) in [6.45, 7) is 1.27. The molecule has 10 nitrogen and oxygen atoms in total. The lowest BCUT2D eigenvalue weighted by Crippen LogP contribution is -2.44. The second-order valence-corrected chi connectivity index (χ2v) is 9.60. The molecule has 2 amide bonds. The van der Waals surface area contributed by atoms with Crippen molar-refractivity contribution >= 4 is 41.0 Å². The summed E-state index contributed by atoms with van der Waals surface area (Å²) in [5.41, 5.74) is 2.09. The molecule has 2 saturated heterocycles. The molecule has 3 aliphatic heterocycles. The van der Waals surface area contributed by atoms with Crippen molar-refractivity contribution < 1.29 is 28.8 Å². The largest absolute Gasteiger partial charge is 0.427 e. The third-order valence-electron chi connectivity index (χ3n) is 7.45. The first-order chi connectivity index (χ1) is 18.8. The van der Waals surface area contributed by atoms with Gasteiger partial charge in [0.2, 0.25) is 11.8 Å². The molecule has 0 N–H and O–H groups in total. The number of esters is 1. The van der Waals surface area contributed by atoms with Gasteiger partial charge in [0.1, 0.15) is 11.8 Å². The van der Waals surface area contributed by atoms with Gasteiger partial charge >= 0.3 is 5.97 Å². The van der Waals surface area contributed by atoms with Crippen LogP contribution in [0.5, 0.6) is 5.75 Å². The number of ketones is 1. The van der Waals surface area contributed by atoms with Gasteiger partial charge in [-0.15, -0.1) is 0 Å². The van der Waals surface area contributed by atoms with Crippen LogP contribution in [-0.4, -0.2) is 39.4 Å². The zero-order valence-corrected chi connectivity index (χ0v) is 20.6. The highest BCUT2D eigenvalue weighted by molar-refractivity contribution is 6.24. The number of imide groups is 1. The van der Waals surface area contributed by atoms with Gasteiger partial charge in [0.05, 0.1) is 28.5 Å². The van der Waals surface area contributed by atoms with E-state index in [1.54, 1.807) is 11.1 Å². The Bertz CT molecular complexity index is 1580. The van der Waals surface area contributed by atoms with Crippen LogP contribution in [0.15, 0.2) is 79.0 Å². The average Bonchev–Trinajstić information content (AvgIpc) is 3.41. The minimum atomic E-state index is -0.993. The third-order valence-corrected chi connectivity index (χ3v) is 7.45. The zero-order chi connectivity index (χ0) is 27.4. The van der Waals surface area contributed by atoms with Crippen LogP contribution in [0.4, 0.5) is 11.4 Å². The topological polar surface area (TPSA) is 127 Å². The Hall–Kier alpha value is -5.12. The van der Waals surface area contributed by atoms with Crippen molar-refractivity contribution in [2.24, 2.45) is 11.8 Å². The quantitative estimate of drug-likeness (QED) is 0.123. The first kappa shape index (κ1) is 24.2. The summed E-state index contributed by atoms with van der Waals surface area (Å²) in [5, 5.41) is 11.1. The molecule has 3 aromatic rings. The molecule has 0 radical (unpaired) electrons. The number of hydrogen-bond donors (Lipinski definition) is 0. The number of amides is 2. The number of benzene rings is 3. The van der Waals surface area contributed by atoms with Crippen molar-refractivity contribution in [3.05, 3.63) is 106 Å². The molecule has 10 heteroatoms. The van der Waals surface area contributed by atoms with Gasteiger partial charge in [-0.1, -0.05) is 24.3 Å². The number of Topliss-reactive ketones (excluding diaryl/α,β-unsaturated/α-hetero) is 1. The van der Waals surface area contributed by atoms with E-state index < -0.39 is 52.4 Å². The van der Waals surface area contributed by atoms with Crippen LogP contribution < -0.4 is 9.64 Å². The predicted molar refractivity (Wildman–Crippen MR) is 138 cm³/mol. The summed E-state index contributed by atoms with van der Waals surface area (Å²) in [4.78, 5) is 66.5. The number of hydrogen-bond acceptors (Lipinski definition) is 8. The van der Waals surface area contributed by atoms with Crippen LogP contribution in [0.1, 0.15) is 34.5 Å². The van der Waals surface area contributed by atoms with Crippen molar-refractivity contribution in [2.75, 3.05) is 4.90 Å². The Labute approximate surface area is 222 Å². The van der Waals surface area contributed by atoms with E-state index in [9.17, 15) is 29.3 Å². The van der Waals surface area contributed by atoms with E-state index in [0.717, 1.165) is 16.0 Å². The maximum atomic E-state index is 13.9. The number of non-ortho nitro benzene ring substituents is 1. The highest BCUT2D eigenvalue weighted by Gasteiger charge is 2.64. The summed E-state index contributed by atoms with van der Waals surface area (Å²) in [7, 11) is 0. The third kappa shape index (κ3) is 3.80. The Morgan fingerprint density at radius 1 is 0.897 bits per heavy atom. The molecule has 0 aliphatic carbocycles. The van der Waals surface area contributed by atoms with E-state index in [1.807, 2.05) is 30.3 Å². The number of nitrogens with zero attached hydrogens (tertiary/aromatic N) is 3. The standard InChI is InChI=1S/C29H21N3O7/c1-16(33)39-21-12-10-19(11-13-21)31-28(35)23-24(29(31)36)26(27(34)18-6-8-20(9-7-18)32(37)38)30-15-14-17-4-2-3-5-22(17)25(23)30/h2-15,23-26H,1H3/t23-,24+,25-,26+/m0/s1. The zero-order valence-electron chi connectivity index (χ0n) is 20.6. The highest BCUT2D eigenvalue weighted by Crippen LogP contribution is 2.53. The van der Waals surface area contributed by atoms with E-state index in [0.29, 0.717) is 5.69 Å². The molecule has 3 aromatic carbocycles. The molecule has 0 unspecified atom stereocenters. The lowest BCUT2D eigenvalue weighted by atomic mass is 9.83. The minimum Gasteiger partial charge on any atom is -0.427 e. The molecule has 194 valence electrons. The van der Waals surface area contributed by atoms with Gasteiger partial charge in [-0.2, -0.15) is 0 Å².